The fraction of sp³-hybridized carbons (Fsp3) is 0.100. The highest BCUT2D eigenvalue weighted by Crippen LogP contribution is 2.21. The Morgan fingerprint density at radius 3 is 1.72 bits per heavy atom. The average molecular weight is 335 g/mol. The Labute approximate surface area is 145 Å². The largest absolute Gasteiger partial charge is 0.497 e. The van der Waals surface area contributed by atoms with E-state index < -0.39 is 5.91 Å². The van der Waals surface area contributed by atoms with E-state index in [1.54, 1.807) is 62.8 Å². The zero-order valence-corrected chi connectivity index (χ0v) is 13.9. The Balaban J connectivity index is 1.85. The molecule has 1 aliphatic heterocycles. The Bertz CT molecular complexity index is 862. The standard InChI is InChI=1S/C20H17NO4/c1-24-15-7-3-13(4-8-15)11-17-19(22)18(21-20(17)23)12-14-5-9-16(25-2)10-6-14/h3-12H,1-2H3,(H,21,23). The van der Waals surface area contributed by atoms with Crippen molar-refractivity contribution >= 4 is 23.8 Å². The van der Waals surface area contributed by atoms with Crippen LogP contribution in [0.4, 0.5) is 0 Å². The van der Waals surface area contributed by atoms with Gasteiger partial charge in [-0.05, 0) is 47.5 Å². The normalized spacial score (nSPS) is 17.0. The third kappa shape index (κ3) is 3.61. The first kappa shape index (κ1) is 16.5. The first-order valence-corrected chi connectivity index (χ1v) is 7.68. The summed E-state index contributed by atoms with van der Waals surface area (Å²) in [4.78, 5) is 24.6. The van der Waals surface area contributed by atoms with Crippen LogP contribution in [0.3, 0.4) is 0 Å². The summed E-state index contributed by atoms with van der Waals surface area (Å²) in [5.74, 6) is 0.714. The van der Waals surface area contributed by atoms with Crippen LogP contribution in [-0.4, -0.2) is 25.9 Å². The molecule has 1 aliphatic rings. The number of ether oxygens (including phenoxy) is 2. The van der Waals surface area contributed by atoms with Crippen LogP contribution in [0.5, 0.6) is 11.5 Å². The molecule has 0 unspecified atom stereocenters. The molecular formula is C20H17NO4. The van der Waals surface area contributed by atoms with Crippen molar-refractivity contribution in [3.05, 3.63) is 70.9 Å². The molecule has 0 aliphatic carbocycles. The van der Waals surface area contributed by atoms with Crippen molar-refractivity contribution in [1.82, 2.24) is 5.32 Å². The molecule has 0 aromatic heterocycles. The van der Waals surface area contributed by atoms with Crippen LogP contribution in [-0.2, 0) is 9.59 Å². The van der Waals surface area contributed by atoms with Gasteiger partial charge in [0.25, 0.3) is 5.91 Å². The molecule has 5 nitrogen and oxygen atoms in total. The molecule has 0 saturated carbocycles. The van der Waals surface area contributed by atoms with Crippen molar-refractivity contribution in [2.75, 3.05) is 14.2 Å². The van der Waals surface area contributed by atoms with E-state index in [2.05, 4.69) is 5.32 Å². The quantitative estimate of drug-likeness (QED) is 0.689. The Morgan fingerprint density at radius 1 is 0.760 bits per heavy atom. The molecular weight excluding hydrogens is 318 g/mol. The zero-order chi connectivity index (χ0) is 17.8. The SMILES string of the molecule is COc1ccc(C=C2NC(=O)C(=Cc3ccc(OC)cc3)C2=O)cc1. The molecule has 0 atom stereocenters. The van der Waals surface area contributed by atoms with Gasteiger partial charge in [-0.2, -0.15) is 0 Å². The van der Waals surface area contributed by atoms with Gasteiger partial charge in [-0.1, -0.05) is 24.3 Å². The lowest BCUT2D eigenvalue weighted by Gasteiger charge is -2.00. The first-order valence-electron chi connectivity index (χ1n) is 7.68. The predicted molar refractivity (Wildman–Crippen MR) is 95.1 cm³/mol. The summed E-state index contributed by atoms with van der Waals surface area (Å²) in [5, 5.41) is 2.62. The third-order valence-electron chi connectivity index (χ3n) is 3.84. The number of hydrogen-bond acceptors (Lipinski definition) is 4. The number of methoxy groups -OCH3 is 2. The Kier molecular flexibility index (Phi) is 4.66. The molecule has 1 amide bonds. The highest BCUT2D eigenvalue weighted by molar-refractivity contribution is 6.35. The molecule has 126 valence electrons. The summed E-state index contributed by atoms with van der Waals surface area (Å²) in [5.41, 5.74) is 1.93. The number of carbonyl (C=O) groups excluding carboxylic acids is 2. The minimum atomic E-state index is -0.402. The van der Waals surface area contributed by atoms with Gasteiger partial charge >= 0.3 is 0 Å². The predicted octanol–water partition coefficient (Wildman–Crippen LogP) is 2.83. The number of allylic oxidation sites excluding steroid dienone is 1. The van der Waals surface area contributed by atoms with Crippen LogP contribution in [0.25, 0.3) is 12.2 Å². The number of nitrogens with one attached hydrogen (secondary N) is 1. The number of Topliss-reactive ketones (excluding diaryl/α,β-unsaturated/α-hetero) is 1. The van der Waals surface area contributed by atoms with E-state index in [0.717, 1.165) is 16.9 Å². The minimum Gasteiger partial charge on any atom is -0.497 e. The highest BCUT2D eigenvalue weighted by atomic mass is 16.5. The number of benzene rings is 2. The second-order valence-electron chi connectivity index (χ2n) is 5.45. The van der Waals surface area contributed by atoms with E-state index in [9.17, 15) is 9.59 Å². The number of carbonyl (C=O) groups is 2. The molecule has 3 rings (SSSR count). The van der Waals surface area contributed by atoms with Crippen molar-refractivity contribution < 1.29 is 19.1 Å². The van der Waals surface area contributed by atoms with E-state index in [1.165, 1.54) is 0 Å². The lowest BCUT2D eigenvalue weighted by atomic mass is 10.1. The lowest BCUT2D eigenvalue weighted by Crippen LogP contribution is -2.13. The molecule has 1 heterocycles. The van der Waals surface area contributed by atoms with E-state index >= 15 is 0 Å². The Morgan fingerprint density at radius 2 is 1.24 bits per heavy atom. The maximum atomic E-state index is 12.5. The maximum absolute atomic E-state index is 12.5. The van der Waals surface area contributed by atoms with Gasteiger partial charge in [-0.15, -0.1) is 0 Å². The van der Waals surface area contributed by atoms with E-state index in [-0.39, 0.29) is 17.1 Å². The van der Waals surface area contributed by atoms with Gasteiger partial charge in [-0.25, -0.2) is 0 Å². The number of ketones is 1. The minimum absolute atomic E-state index is 0.116. The van der Waals surface area contributed by atoms with Crippen LogP contribution in [0.1, 0.15) is 11.1 Å². The van der Waals surface area contributed by atoms with Gasteiger partial charge in [0.1, 0.15) is 11.5 Å². The molecule has 0 radical (unpaired) electrons. The topological polar surface area (TPSA) is 64.6 Å². The summed E-state index contributed by atoms with van der Waals surface area (Å²) < 4.78 is 10.2. The van der Waals surface area contributed by atoms with Crippen molar-refractivity contribution in [2.24, 2.45) is 0 Å². The lowest BCUT2D eigenvalue weighted by molar-refractivity contribution is -0.117. The van der Waals surface area contributed by atoms with Crippen molar-refractivity contribution in [1.29, 1.82) is 0 Å². The summed E-state index contributed by atoms with van der Waals surface area (Å²) in [6, 6.07) is 14.3. The molecule has 1 saturated heterocycles. The molecule has 0 spiro atoms. The van der Waals surface area contributed by atoms with E-state index in [0.29, 0.717) is 5.75 Å². The molecule has 1 fully saturated rings. The molecule has 0 bridgehead atoms. The van der Waals surface area contributed by atoms with E-state index in [4.69, 9.17) is 9.47 Å². The summed E-state index contributed by atoms with van der Waals surface area (Å²) in [6.07, 6.45) is 3.22. The summed E-state index contributed by atoms with van der Waals surface area (Å²) in [6.45, 7) is 0. The zero-order valence-electron chi connectivity index (χ0n) is 13.9. The van der Waals surface area contributed by atoms with Crippen LogP contribution in [0.15, 0.2) is 59.8 Å². The maximum Gasteiger partial charge on any atom is 0.259 e. The number of amides is 1. The summed E-state index contributed by atoms with van der Waals surface area (Å²) in [7, 11) is 3.17. The molecule has 5 heteroatoms. The fourth-order valence-electron chi connectivity index (χ4n) is 2.46. The van der Waals surface area contributed by atoms with Crippen LogP contribution in [0.2, 0.25) is 0 Å². The van der Waals surface area contributed by atoms with Gasteiger partial charge in [0.05, 0.1) is 25.5 Å². The van der Waals surface area contributed by atoms with E-state index in [1.807, 2.05) is 12.1 Å². The second-order valence-corrected chi connectivity index (χ2v) is 5.45. The highest BCUT2D eigenvalue weighted by Gasteiger charge is 2.30. The fourth-order valence-corrected chi connectivity index (χ4v) is 2.46. The first-order chi connectivity index (χ1) is 12.1. The molecule has 2 aromatic carbocycles. The van der Waals surface area contributed by atoms with Crippen LogP contribution >= 0.6 is 0 Å². The van der Waals surface area contributed by atoms with Crippen molar-refractivity contribution in [2.45, 2.75) is 0 Å². The molecule has 25 heavy (non-hydrogen) atoms. The van der Waals surface area contributed by atoms with Gasteiger partial charge < -0.3 is 14.8 Å². The summed E-state index contributed by atoms with van der Waals surface area (Å²) >= 11 is 0. The molecule has 2 aromatic rings. The molecule has 1 N–H and O–H groups in total. The van der Waals surface area contributed by atoms with Gasteiger partial charge in [0.2, 0.25) is 5.78 Å². The second kappa shape index (κ2) is 7.05. The third-order valence-corrected chi connectivity index (χ3v) is 3.84. The number of hydrogen-bond donors (Lipinski definition) is 1. The van der Waals surface area contributed by atoms with Crippen molar-refractivity contribution in [3.8, 4) is 11.5 Å². The number of rotatable bonds is 4. The monoisotopic (exact) mass is 335 g/mol. The van der Waals surface area contributed by atoms with Gasteiger partial charge in [0.15, 0.2) is 0 Å². The van der Waals surface area contributed by atoms with Crippen LogP contribution < -0.4 is 14.8 Å². The Hall–Kier alpha value is -3.34. The van der Waals surface area contributed by atoms with Gasteiger partial charge in [-0.3, -0.25) is 9.59 Å². The van der Waals surface area contributed by atoms with Gasteiger partial charge in [0, 0.05) is 0 Å². The average Bonchev–Trinajstić information content (AvgIpc) is 2.90. The van der Waals surface area contributed by atoms with Crippen molar-refractivity contribution in [3.63, 3.8) is 0 Å². The smallest absolute Gasteiger partial charge is 0.259 e. The van der Waals surface area contributed by atoms with Crippen LogP contribution in [0, 0.1) is 0 Å².